The third-order valence-corrected chi connectivity index (χ3v) is 3.09. The van der Waals surface area contributed by atoms with Crippen molar-refractivity contribution in [2.75, 3.05) is 5.32 Å². The van der Waals surface area contributed by atoms with Gasteiger partial charge in [-0.1, -0.05) is 29.5 Å². The average Bonchev–Trinajstić information content (AvgIpc) is 2.85. The van der Waals surface area contributed by atoms with Crippen molar-refractivity contribution in [1.29, 1.82) is 5.26 Å². The molecular weight excluding hydrogens is 262 g/mol. The van der Waals surface area contributed by atoms with Gasteiger partial charge in [0.15, 0.2) is 11.0 Å². The molecule has 0 saturated heterocycles. The lowest BCUT2D eigenvalue weighted by Crippen LogP contribution is -2.24. The van der Waals surface area contributed by atoms with Gasteiger partial charge in [0.05, 0.1) is 6.07 Å². The second-order valence-corrected chi connectivity index (χ2v) is 4.71. The molecule has 0 unspecified atom stereocenters. The molecule has 0 spiro atoms. The zero-order valence-corrected chi connectivity index (χ0v) is 10.9. The first-order chi connectivity index (χ1) is 9.19. The molecule has 1 atom stereocenters. The van der Waals surface area contributed by atoms with Crippen molar-refractivity contribution in [2.24, 2.45) is 0 Å². The Kier molecular flexibility index (Phi) is 4.05. The van der Waals surface area contributed by atoms with Crippen molar-refractivity contribution in [2.45, 2.75) is 13.0 Å². The summed E-state index contributed by atoms with van der Waals surface area (Å²) in [6.45, 7) is 1.36. The number of carbonyl (C=O) groups excluding carboxylic acids is 1. The van der Waals surface area contributed by atoms with Crippen LogP contribution >= 0.6 is 11.3 Å². The van der Waals surface area contributed by atoms with E-state index in [0.29, 0.717) is 10.1 Å². The summed E-state index contributed by atoms with van der Waals surface area (Å²) < 4.78 is 0. The Labute approximate surface area is 114 Å². The Morgan fingerprint density at radius 2 is 2.11 bits per heavy atom. The van der Waals surface area contributed by atoms with E-state index in [2.05, 4.69) is 20.8 Å². The van der Waals surface area contributed by atoms with Gasteiger partial charge in [0.1, 0.15) is 0 Å². The number of amides is 1. The third kappa shape index (κ3) is 3.50. The fourth-order valence-electron chi connectivity index (χ4n) is 1.40. The van der Waals surface area contributed by atoms with Gasteiger partial charge < -0.3 is 10.6 Å². The number of hydrogen-bond acceptors (Lipinski definition) is 6. The molecule has 0 bridgehead atoms. The summed E-state index contributed by atoms with van der Waals surface area (Å²) in [6, 6.07) is 10.7. The Bertz CT molecular complexity index is 604. The van der Waals surface area contributed by atoms with Crippen LogP contribution in [0.15, 0.2) is 30.3 Å². The van der Waals surface area contributed by atoms with Gasteiger partial charge in [0.2, 0.25) is 11.0 Å². The van der Waals surface area contributed by atoms with E-state index in [9.17, 15) is 4.79 Å². The van der Waals surface area contributed by atoms with E-state index in [-0.39, 0.29) is 5.91 Å². The summed E-state index contributed by atoms with van der Waals surface area (Å²) in [5, 5.41) is 23.4. The van der Waals surface area contributed by atoms with E-state index >= 15 is 0 Å². The Hall–Kier alpha value is -2.46. The maximum atomic E-state index is 11.0. The lowest BCUT2D eigenvalue weighted by atomic mass is 10.3. The van der Waals surface area contributed by atoms with E-state index in [1.165, 1.54) is 18.3 Å². The molecule has 2 N–H and O–H groups in total. The Balaban J connectivity index is 2.10. The van der Waals surface area contributed by atoms with Gasteiger partial charge in [-0.05, 0) is 12.1 Å². The molecule has 0 saturated carbocycles. The highest BCUT2D eigenvalue weighted by molar-refractivity contribution is 7.15. The van der Waals surface area contributed by atoms with Crippen molar-refractivity contribution >= 4 is 28.1 Å². The number of nitriles is 1. The molecule has 1 aromatic carbocycles. The highest BCUT2D eigenvalue weighted by Crippen LogP contribution is 2.24. The number of rotatable bonds is 4. The van der Waals surface area contributed by atoms with Gasteiger partial charge in [-0.3, -0.25) is 4.79 Å². The molecular formula is C12H11N5OS. The number of nitrogens with one attached hydrogen (secondary N) is 2. The van der Waals surface area contributed by atoms with Crippen LogP contribution in [0.5, 0.6) is 0 Å². The average molecular weight is 273 g/mol. The van der Waals surface area contributed by atoms with Gasteiger partial charge in [-0.15, -0.1) is 10.2 Å². The Morgan fingerprint density at radius 3 is 2.74 bits per heavy atom. The molecule has 0 fully saturated rings. The summed E-state index contributed by atoms with van der Waals surface area (Å²) in [6.07, 6.45) is 0. The minimum absolute atomic E-state index is 0.278. The zero-order valence-electron chi connectivity index (χ0n) is 10.1. The quantitative estimate of drug-likeness (QED) is 0.888. The van der Waals surface area contributed by atoms with Gasteiger partial charge in [0.25, 0.3) is 0 Å². The van der Waals surface area contributed by atoms with E-state index in [1.807, 2.05) is 36.4 Å². The lowest BCUT2D eigenvalue weighted by molar-refractivity contribution is -0.119. The van der Waals surface area contributed by atoms with Crippen molar-refractivity contribution in [3.63, 3.8) is 0 Å². The van der Waals surface area contributed by atoms with Crippen LogP contribution in [-0.4, -0.2) is 16.1 Å². The van der Waals surface area contributed by atoms with Crippen LogP contribution < -0.4 is 10.6 Å². The monoisotopic (exact) mass is 273 g/mol. The molecule has 0 aliphatic rings. The SMILES string of the molecule is CC(=O)N[C@H](C#N)c1nnc(Nc2ccccc2)s1. The summed E-state index contributed by atoms with van der Waals surface area (Å²) in [7, 11) is 0. The number of nitrogens with zero attached hydrogens (tertiary/aromatic N) is 3. The molecule has 96 valence electrons. The zero-order chi connectivity index (χ0) is 13.7. The van der Waals surface area contributed by atoms with Crippen LogP contribution in [0.4, 0.5) is 10.8 Å². The standard InChI is InChI=1S/C12H11N5OS/c1-8(18)14-10(7-13)11-16-17-12(19-11)15-9-5-3-2-4-6-9/h2-6,10H,1H3,(H,14,18)(H,15,17)/t10-/m1/s1. The van der Waals surface area contributed by atoms with Crippen molar-refractivity contribution < 1.29 is 4.79 Å². The first kappa shape index (κ1) is 13.0. The maximum absolute atomic E-state index is 11.0. The summed E-state index contributed by atoms with van der Waals surface area (Å²) in [4.78, 5) is 11.0. The predicted octanol–water partition coefficient (Wildman–Crippen LogP) is 1.98. The number of carbonyl (C=O) groups is 1. The van der Waals surface area contributed by atoms with Gasteiger partial charge in [-0.2, -0.15) is 5.26 Å². The fraction of sp³-hybridized carbons (Fsp3) is 0.167. The largest absolute Gasteiger partial charge is 0.335 e. The fourth-order valence-corrected chi connectivity index (χ4v) is 2.16. The van der Waals surface area contributed by atoms with Crippen LogP contribution in [0, 0.1) is 11.3 Å². The minimum Gasteiger partial charge on any atom is -0.335 e. The lowest BCUT2D eigenvalue weighted by Gasteiger charge is -2.04. The number of para-hydroxylation sites is 1. The molecule has 0 radical (unpaired) electrons. The molecule has 1 aromatic heterocycles. The van der Waals surface area contributed by atoms with Crippen molar-refractivity contribution in [3.8, 4) is 6.07 Å². The first-order valence-corrected chi connectivity index (χ1v) is 6.33. The Morgan fingerprint density at radius 1 is 1.37 bits per heavy atom. The van der Waals surface area contributed by atoms with E-state index in [1.54, 1.807) is 0 Å². The highest BCUT2D eigenvalue weighted by atomic mass is 32.1. The summed E-state index contributed by atoms with van der Waals surface area (Å²) in [5.74, 6) is -0.278. The molecule has 2 rings (SSSR count). The van der Waals surface area contributed by atoms with E-state index < -0.39 is 6.04 Å². The van der Waals surface area contributed by atoms with Crippen LogP contribution in [0.3, 0.4) is 0 Å². The van der Waals surface area contributed by atoms with E-state index in [4.69, 9.17) is 5.26 Å². The molecule has 2 aromatic rings. The molecule has 0 aliphatic carbocycles. The van der Waals surface area contributed by atoms with Gasteiger partial charge >= 0.3 is 0 Å². The second-order valence-electron chi connectivity index (χ2n) is 3.70. The van der Waals surface area contributed by atoms with E-state index in [0.717, 1.165) is 5.69 Å². The first-order valence-electron chi connectivity index (χ1n) is 5.51. The number of aromatic nitrogens is 2. The predicted molar refractivity (Wildman–Crippen MR) is 71.8 cm³/mol. The summed E-state index contributed by atoms with van der Waals surface area (Å²) >= 11 is 1.23. The van der Waals surface area contributed by atoms with Crippen molar-refractivity contribution in [3.05, 3.63) is 35.3 Å². The highest BCUT2D eigenvalue weighted by Gasteiger charge is 2.17. The minimum atomic E-state index is -0.763. The molecule has 0 aliphatic heterocycles. The molecule has 6 nitrogen and oxygen atoms in total. The third-order valence-electron chi connectivity index (χ3n) is 2.19. The van der Waals surface area contributed by atoms with Gasteiger partial charge in [0, 0.05) is 12.6 Å². The van der Waals surface area contributed by atoms with Crippen LogP contribution in [0.25, 0.3) is 0 Å². The number of hydrogen-bond donors (Lipinski definition) is 2. The normalized spacial score (nSPS) is 11.4. The topological polar surface area (TPSA) is 90.7 Å². The summed E-state index contributed by atoms with van der Waals surface area (Å²) in [5.41, 5.74) is 0.887. The number of anilines is 2. The van der Waals surface area contributed by atoms with Gasteiger partial charge in [-0.25, -0.2) is 0 Å². The molecule has 7 heteroatoms. The van der Waals surface area contributed by atoms with Crippen LogP contribution in [-0.2, 0) is 4.79 Å². The van der Waals surface area contributed by atoms with Crippen LogP contribution in [0.2, 0.25) is 0 Å². The molecule has 1 amide bonds. The molecule has 19 heavy (non-hydrogen) atoms. The number of benzene rings is 1. The molecule has 1 heterocycles. The smallest absolute Gasteiger partial charge is 0.218 e. The van der Waals surface area contributed by atoms with Crippen LogP contribution in [0.1, 0.15) is 18.0 Å². The maximum Gasteiger partial charge on any atom is 0.218 e. The second kappa shape index (κ2) is 5.93. The van der Waals surface area contributed by atoms with Crippen molar-refractivity contribution in [1.82, 2.24) is 15.5 Å².